The van der Waals surface area contributed by atoms with E-state index in [1.807, 2.05) is 30.3 Å². The summed E-state index contributed by atoms with van der Waals surface area (Å²) in [7, 11) is 0. The monoisotopic (exact) mass is 293 g/mol. The number of fused-ring (bicyclic) bond motifs is 1. The zero-order valence-electron chi connectivity index (χ0n) is 10.1. The molecule has 0 N–H and O–H groups in total. The van der Waals surface area contributed by atoms with Gasteiger partial charge < -0.3 is 9.47 Å². The van der Waals surface area contributed by atoms with Gasteiger partial charge in [0.05, 0.1) is 10.7 Å². The number of rotatable bonds is 3. The van der Waals surface area contributed by atoms with Gasteiger partial charge in [0.1, 0.15) is 13.2 Å². The summed E-state index contributed by atoms with van der Waals surface area (Å²) < 4.78 is 11.0. The molecule has 1 aromatic carbocycles. The molecule has 3 rings (SSSR count). The Labute approximate surface area is 120 Å². The summed E-state index contributed by atoms with van der Waals surface area (Å²) in [5.41, 5.74) is 1.03. The Kier molecular flexibility index (Phi) is 3.80. The highest BCUT2D eigenvalue weighted by atomic mass is 35.5. The first-order valence-corrected chi connectivity index (χ1v) is 7.31. The van der Waals surface area contributed by atoms with Crippen LogP contribution < -0.4 is 9.47 Å². The van der Waals surface area contributed by atoms with E-state index >= 15 is 0 Å². The highest BCUT2D eigenvalue weighted by Gasteiger charge is 2.15. The lowest BCUT2D eigenvalue weighted by molar-refractivity contribution is 0.171. The van der Waals surface area contributed by atoms with Gasteiger partial charge in [-0.05, 0) is 18.2 Å². The maximum Gasteiger partial charge on any atom is 0.162 e. The third kappa shape index (κ3) is 2.96. The summed E-state index contributed by atoms with van der Waals surface area (Å²) in [4.78, 5) is 5.27. The minimum atomic E-state index is 0.573. The fourth-order valence-electron chi connectivity index (χ4n) is 1.79. The van der Waals surface area contributed by atoms with Crippen LogP contribution in [0.25, 0.3) is 0 Å². The van der Waals surface area contributed by atoms with Crippen LogP contribution in [0.5, 0.6) is 11.5 Å². The van der Waals surface area contributed by atoms with E-state index in [9.17, 15) is 0 Å². The SMILES string of the molecule is Clc1cc2c(cc1SCc1ccccn1)OCCO2. The summed E-state index contributed by atoms with van der Waals surface area (Å²) in [5, 5.41) is 0.685. The summed E-state index contributed by atoms with van der Waals surface area (Å²) >= 11 is 7.89. The Morgan fingerprint density at radius 1 is 1.16 bits per heavy atom. The van der Waals surface area contributed by atoms with Gasteiger partial charge in [-0.25, -0.2) is 0 Å². The molecule has 2 heterocycles. The summed E-state index contributed by atoms with van der Waals surface area (Å²) in [6, 6.07) is 9.64. The average molecular weight is 294 g/mol. The number of nitrogens with zero attached hydrogens (tertiary/aromatic N) is 1. The van der Waals surface area contributed by atoms with Crippen molar-refractivity contribution in [3.63, 3.8) is 0 Å². The molecule has 0 amide bonds. The predicted molar refractivity (Wildman–Crippen MR) is 76.2 cm³/mol. The predicted octanol–water partition coefficient (Wildman–Crippen LogP) is 3.80. The highest BCUT2D eigenvalue weighted by Crippen LogP contribution is 2.40. The van der Waals surface area contributed by atoms with Crippen LogP contribution in [0.1, 0.15) is 5.69 Å². The minimum absolute atomic E-state index is 0.573. The molecule has 1 aliphatic heterocycles. The number of hydrogen-bond donors (Lipinski definition) is 0. The van der Waals surface area contributed by atoms with Gasteiger partial charge in [-0.3, -0.25) is 4.98 Å². The van der Waals surface area contributed by atoms with Gasteiger partial charge >= 0.3 is 0 Å². The number of aromatic nitrogens is 1. The lowest BCUT2D eigenvalue weighted by Crippen LogP contribution is -2.15. The summed E-state index contributed by atoms with van der Waals surface area (Å²) in [5.74, 6) is 2.26. The second kappa shape index (κ2) is 5.72. The maximum absolute atomic E-state index is 6.25. The maximum atomic E-state index is 6.25. The van der Waals surface area contributed by atoms with Gasteiger partial charge in [-0.1, -0.05) is 17.7 Å². The van der Waals surface area contributed by atoms with Crippen molar-refractivity contribution in [3.8, 4) is 11.5 Å². The van der Waals surface area contributed by atoms with Crippen molar-refractivity contribution in [1.29, 1.82) is 0 Å². The van der Waals surface area contributed by atoms with Gasteiger partial charge in [0, 0.05) is 22.9 Å². The summed E-state index contributed by atoms with van der Waals surface area (Å²) in [6.07, 6.45) is 1.79. The molecule has 3 nitrogen and oxygen atoms in total. The fraction of sp³-hybridized carbons (Fsp3) is 0.214. The first-order chi connectivity index (χ1) is 9.33. The molecule has 0 saturated heterocycles. The lowest BCUT2D eigenvalue weighted by Gasteiger charge is -2.19. The molecular weight excluding hydrogens is 282 g/mol. The molecule has 98 valence electrons. The molecule has 0 radical (unpaired) electrons. The van der Waals surface area contributed by atoms with E-state index in [1.165, 1.54) is 0 Å². The Bertz CT molecular complexity index is 577. The number of hydrogen-bond acceptors (Lipinski definition) is 4. The molecule has 0 spiro atoms. The van der Waals surface area contributed by atoms with Crippen LogP contribution in [-0.4, -0.2) is 18.2 Å². The molecule has 0 fully saturated rings. The van der Waals surface area contributed by atoms with Crippen LogP contribution >= 0.6 is 23.4 Å². The van der Waals surface area contributed by atoms with E-state index in [2.05, 4.69) is 4.98 Å². The van der Waals surface area contributed by atoms with E-state index in [0.29, 0.717) is 18.2 Å². The fourth-order valence-corrected chi connectivity index (χ4v) is 2.97. The highest BCUT2D eigenvalue weighted by molar-refractivity contribution is 7.98. The van der Waals surface area contributed by atoms with Crippen LogP contribution in [0, 0.1) is 0 Å². The van der Waals surface area contributed by atoms with E-state index in [-0.39, 0.29) is 0 Å². The first-order valence-electron chi connectivity index (χ1n) is 5.95. The van der Waals surface area contributed by atoms with E-state index in [0.717, 1.165) is 27.8 Å². The Morgan fingerprint density at radius 3 is 2.68 bits per heavy atom. The molecule has 1 aromatic heterocycles. The molecule has 1 aliphatic rings. The Morgan fingerprint density at radius 2 is 1.95 bits per heavy atom. The molecule has 0 aliphatic carbocycles. The van der Waals surface area contributed by atoms with Crippen molar-refractivity contribution in [2.45, 2.75) is 10.6 Å². The number of thioether (sulfide) groups is 1. The molecule has 5 heteroatoms. The van der Waals surface area contributed by atoms with Crippen molar-refractivity contribution in [3.05, 3.63) is 47.2 Å². The van der Waals surface area contributed by atoms with Crippen LogP contribution in [0.3, 0.4) is 0 Å². The molecule has 0 atom stereocenters. The molecule has 0 saturated carbocycles. The van der Waals surface area contributed by atoms with E-state index < -0.39 is 0 Å². The smallest absolute Gasteiger partial charge is 0.162 e. The zero-order chi connectivity index (χ0) is 13.1. The second-order valence-electron chi connectivity index (χ2n) is 4.04. The van der Waals surface area contributed by atoms with Crippen LogP contribution in [0.15, 0.2) is 41.4 Å². The van der Waals surface area contributed by atoms with Crippen molar-refractivity contribution >= 4 is 23.4 Å². The molecule has 2 aromatic rings. The largest absolute Gasteiger partial charge is 0.486 e. The minimum Gasteiger partial charge on any atom is -0.486 e. The van der Waals surface area contributed by atoms with Crippen molar-refractivity contribution in [2.24, 2.45) is 0 Å². The first kappa shape index (κ1) is 12.6. The van der Waals surface area contributed by atoms with Crippen molar-refractivity contribution in [1.82, 2.24) is 4.98 Å². The topological polar surface area (TPSA) is 31.4 Å². The average Bonchev–Trinajstić information content (AvgIpc) is 2.46. The lowest BCUT2D eigenvalue weighted by atomic mass is 10.3. The molecule has 0 unspecified atom stereocenters. The number of pyridine rings is 1. The number of benzene rings is 1. The van der Waals surface area contributed by atoms with Gasteiger partial charge in [0.15, 0.2) is 11.5 Å². The van der Waals surface area contributed by atoms with Gasteiger partial charge in [0.25, 0.3) is 0 Å². The van der Waals surface area contributed by atoms with Crippen molar-refractivity contribution < 1.29 is 9.47 Å². The normalized spacial score (nSPS) is 13.3. The third-order valence-corrected chi connectivity index (χ3v) is 4.21. The Balaban J connectivity index is 1.77. The van der Waals surface area contributed by atoms with Crippen LogP contribution in [0.4, 0.5) is 0 Å². The van der Waals surface area contributed by atoms with Gasteiger partial charge in [0.2, 0.25) is 0 Å². The quantitative estimate of drug-likeness (QED) is 0.806. The van der Waals surface area contributed by atoms with Gasteiger partial charge in [-0.15, -0.1) is 11.8 Å². The third-order valence-electron chi connectivity index (χ3n) is 2.70. The van der Waals surface area contributed by atoms with E-state index in [1.54, 1.807) is 18.0 Å². The zero-order valence-corrected chi connectivity index (χ0v) is 11.7. The van der Waals surface area contributed by atoms with Gasteiger partial charge in [-0.2, -0.15) is 0 Å². The second-order valence-corrected chi connectivity index (χ2v) is 5.46. The standard InChI is InChI=1S/C14H12ClNO2S/c15-11-7-12-13(18-6-5-17-12)8-14(11)19-9-10-3-1-2-4-16-10/h1-4,7-8H,5-6,9H2. The number of halogens is 1. The Hall–Kier alpha value is -1.39. The van der Waals surface area contributed by atoms with Crippen molar-refractivity contribution in [2.75, 3.05) is 13.2 Å². The molecule has 0 bridgehead atoms. The number of ether oxygens (including phenoxy) is 2. The summed E-state index contributed by atoms with van der Waals surface area (Å²) in [6.45, 7) is 1.16. The van der Waals surface area contributed by atoms with E-state index in [4.69, 9.17) is 21.1 Å². The molecule has 19 heavy (non-hydrogen) atoms. The van der Waals surface area contributed by atoms with Crippen LogP contribution in [-0.2, 0) is 5.75 Å². The molecular formula is C14H12ClNO2S. The van der Waals surface area contributed by atoms with Crippen LogP contribution in [0.2, 0.25) is 5.02 Å².